The Labute approximate surface area is 115 Å². The molecule has 5 nitrogen and oxygen atoms in total. The van der Waals surface area contributed by atoms with E-state index in [2.05, 4.69) is 19.7 Å². The van der Waals surface area contributed by atoms with E-state index in [0.29, 0.717) is 15.7 Å². The molecule has 0 saturated heterocycles. The topological polar surface area (TPSA) is 65.0 Å². The molecule has 0 aliphatic rings. The largest absolute Gasteiger partial charge is 0.465 e. The van der Waals surface area contributed by atoms with E-state index in [-0.39, 0.29) is 5.97 Å². The number of pyridine rings is 1. The van der Waals surface area contributed by atoms with Gasteiger partial charge in [0.05, 0.1) is 12.7 Å². The van der Waals surface area contributed by atoms with Crippen LogP contribution >= 0.6 is 11.8 Å². The van der Waals surface area contributed by atoms with Crippen molar-refractivity contribution in [1.29, 1.82) is 0 Å². The summed E-state index contributed by atoms with van der Waals surface area (Å²) in [6, 6.07) is 5.18. The zero-order chi connectivity index (χ0) is 13.8. The van der Waals surface area contributed by atoms with Crippen LogP contribution in [0.2, 0.25) is 0 Å². The smallest absolute Gasteiger partial charge is 0.337 e. The fourth-order valence-electron chi connectivity index (χ4n) is 1.54. The van der Waals surface area contributed by atoms with E-state index in [4.69, 9.17) is 0 Å². The predicted molar refractivity (Wildman–Crippen MR) is 71.2 cm³/mol. The van der Waals surface area contributed by atoms with Gasteiger partial charge in [-0.1, -0.05) is 0 Å². The SMILES string of the molecule is COC(=O)c1ccnc(Sc2nc(C)cc(C)n2)c1. The first-order chi connectivity index (χ1) is 9.08. The third-order valence-corrected chi connectivity index (χ3v) is 3.11. The summed E-state index contributed by atoms with van der Waals surface area (Å²) in [5, 5.41) is 1.28. The van der Waals surface area contributed by atoms with Crippen molar-refractivity contribution in [2.75, 3.05) is 7.11 Å². The van der Waals surface area contributed by atoms with Crippen molar-refractivity contribution in [3.63, 3.8) is 0 Å². The van der Waals surface area contributed by atoms with Gasteiger partial charge in [0.1, 0.15) is 5.03 Å². The lowest BCUT2D eigenvalue weighted by Gasteiger charge is -2.04. The maximum Gasteiger partial charge on any atom is 0.337 e. The molecule has 0 radical (unpaired) electrons. The summed E-state index contributed by atoms with van der Waals surface area (Å²) in [6.07, 6.45) is 1.57. The Balaban J connectivity index is 2.25. The summed E-state index contributed by atoms with van der Waals surface area (Å²) in [6.45, 7) is 3.83. The normalized spacial score (nSPS) is 10.3. The Morgan fingerprint density at radius 1 is 1.21 bits per heavy atom. The lowest BCUT2D eigenvalue weighted by atomic mass is 10.3. The molecule has 98 valence electrons. The first kappa shape index (κ1) is 13.5. The molecule has 0 aromatic carbocycles. The molecule has 0 spiro atoms. The van der Waals surface area contributed by atoms with E-state index in [1.165, 1.54) is 18.9 Å². The van der Waals surface area contributed by atoms with E-state index in [9.17, 15) is 4.79 Å². The third-order valence-electron chi connectivity index (χ3n) is 2.31. The Bertz CT molecular complexity index is 596. The maximum atomic E-state index is 11.4. The Morgan fingerprint density at radius 3 is 2.53 bits per heavy atom. The summed E-state index contributed by atoms with van der Waals surface area (Å²) in [5.74, 6) is -0.384. The van der Waals surface area contributed by atoms with Crippen LogP contribution in [0, 0.1) is 13.8 Å². The zero-order valence-corrected chi connectivity index (χ0v) is 11.7. The molecule has 0 atom stereocenters. The third kappa shape index (κ3) is 3.51. The van der Waals surface area contributed by atoms with Gasteiger partial charge in [-0.15, -0.1) is 0 Å². The van der Waals surface area contributed by atoms with Crippen molar-refractivity contribution in [2.24, 2.45) is 0 Å². The Kier molecular flexibility index (Phi) is 4.11. The number of aryl methyl sites for hydroxylation is 2. The molecule has 2 aromatic rings. The van der Waals surface area contributed by atoms with Crippen LogP contribution in [0.25, 0.3) is 0 Å². The van der Waals surface area contributed by atoms with Crippen LogP contribution in [0.3, 0.4) is 0 Å². The van der Waals surface area contributed by atoms with Gasteiger partial charge >= 0.3 is 5.97 Å². The Hall–Kier alpha value is -1.95. The average Bonchev–Trinajstić information content (AvgIpc) is 2.37. The molecule has 2 aromatic heterocycles. The number of ether oxygens (including phenoxy) is 1. The molecular weight excluding hydrogens is 262 g/mol. The molecule has 0 bridgehead atoms. The summed E-state index contributed by atoms with van der Waals surface area (Å²) >= 11 is 1.32. The van der Waals surface area contributed by atoms with E-state index in [1.807, 2.05) is 19.9 Å². The van der Waals surface area contributed by atoms with Crippen molar-refractivity contribution in [3.05, 3.63) is 41.3 Å². The fraction of sp³-hybridized carbons (Fsp3) is 0.231. The van der Waals surface area contributed by atoms with Gasteiger partial charge < -0.3 is 4.74 Å². The molecule has 0 fully saturated rings. The molecule has 0 amide bonds. The van der Waals surface area contributed by atoms with Crippen LogP contribution in [0.4, 0.5) is 0 Å². The first-order valence-corrected chi connectivity index (χ1v) is 6.44. The average molecular weight is 275 g/mol. The molecule has 0 unspecified atom stereocenters. The summed E-state index contributed by atoms with van der Waals surface area (Å²) in [5.41, 5.74) is 2.27. The monoisotopic (exact) mass is 275 g/mol. The number of methoxy groups -OCH3 is 1. The quantitative estimate of drug-likeness (QED) is 0.633. The van der Waals surface area contributed by atoms with Gasteiger partial charge in [0.2, 0.25) is 0 Å². The lowest BCUT2D eigenvalue weighted by molar-refractivity contribution is 0.0600. The molecule has 0 aliphatic heterocycles. The highest BCUT2D eigenvalue weighted by Gasteiger charge is 2.09. The minimum atomic E-state index is -0.384. The van der Waals surface area contributed by atoms with Crippen LogP contribution in [0.5, 0.6) is 0 Å². The molecule has 0 saturated carbocycles. The highest BCUT2D eigenvalue weighted by atomic mass is 32.2. The van der Waals surface area contributed by atoms with Gasteiger partial charge in [0.25, 0.3) is 0 Å². The summed E-state index contributed by atoms with van der Waals surface area (Å²) < 4.78 is 4.67. The minimum absolute atomic E-state index is 0.384. The van der Waals surface area contributed by atoms with Crippen LogP contribution in [0.15, 0.2) is 34.6 Å². The predicted octanol–water partition coefficient (Wildman–Crippen LogP) is 2.43. The van der Waals surface area contributed by atoms with E-state index in [1.54, 1.807) is 18.3 Å². The lowest BCUT2D eigenvalue weighted by Crippen LogP contribution is -2.01. The van der Waals surface area contributed by atoms with Gasteiger partial charge in [-0.2, -0.15) is 0 Å². The number of carbonyl (C=O) groups is 1. The van der Waals surface area contributed by atoms with Crippen LogP contribution in [-0.4, -0.2) is 28.0 Å². The fourth-order valence-corrected chi connectivity index (χ4v) is 2.41. The molecule has 0 aliphatic carbocycles. The summed E-state index contributed by atoms with van der Waals surface area (Å²) in [7, 11) is 1.35. The molecule has 2 rings (SSSR count). The van der Waals surface area contributed by atoms with Crippen molar-refractivity contribution >= 4 is 17.7 Å². The second kappa shape index (κ2) is 5.79. The van der Waals surface area contributed by atoms with E-state index >= 15 is 0 Å². The van der Waals surface area contributed by atoms with Crippen molar-refractivity contribution in [1.82, 2.24) is 15.0 Å². The number of esters is 1. The molecule has 6 heteroatoms. The molecule has 0 N–H and O–H groups in total. The van der Waals surface area contributed by atoms with Crippen molar-refractivity contribution in [3.8, 4) is 0 Å². The first-order valence-electron chi connectivity index (χ1n) is 5.63. The maximum absolute atomic E-state index is 11.4. The number of aromatic nitrogens is 3. The van der Waals surface area contributed by atoms with Gasteiger partial charge in [0.15, 0.2) is 5.16 Å². The van der Waals surface area contributed by atoms with Crippen LogP contribution in [0.1, 0.15) is 21.7 Å². The number of carbonyl (C=O) groups excluding carboxylic acids is 1. The molecule has 2 heterocycles. The second-order valence-corrected chi connectivity index (χ2v) is 4.90. The molecule has 19 heavy (non-hydrogen) atoms. The number of hydrogen-bond donors (Lipinski definition) is 0. The zero-order valence-electron chi connectivity index (χ0n) is 10.9. The number of nitrogens with zero attached hydrogens (tertiary/aromatic N) is 3. The van der Waals surface area contributed by atoms with Crippen LogP contribution < -0.4 is 0 Å². The van der Waals surface area contributed by atoms with E-state index < -0.39 is 0 Å². The number of rotatable bonds is 3. The second-order valence-electron chi connectivity index (χ2n) is 3.91. The summed E-state index contributed by atoms with van der Waals surface area (Å²) in [4.78, 5) is 24.3. The highest BCUT2D eigenvalue weighted by Crippen LogP contribution is 2.23. The van der Waals surface area contributed by atoms with Gasteiger partial charge in [-0.25, -0.2) is 19.7 Å². The van der Waals surface area contributed by atoms with Gasteiger partial charge in [-0.3, -0.25) is 0 Å². The van der Waals surface area contributed by atoms with Crippen LogP contribution in [-0.2, 0) is 4.74 Å². The molecular formula is C13H13N3O2S. The Morgan fingerprint density at radius 2 is 1.89 bits per heavy atom. The highest BCUT2D eigenvalue weighted by molar-refractivity contribution is 7.99. The van der Waals surface area contributed by atoms with E-state index in [0.717, 1.165) is 11.4 Å². The van der Waals surface area contributed by atoms with Crippen molar-refractivity contribution in [2.45, 2.75) is 24.0 Å². The minimum Gasteiger partial charge on any atom is -0.465 e. The standard InChI is InChI=1S/C13H13N3O2S/c1-8-6-9(2)16-13(15-8)19-11-7-10(4-5-14-11)12(17)18-3/h4-7H,1-3H3. The van der Waals surface area contributed by atoms with Gasteiger partial charge in [0, 0.05) is 17.6 Å². The number of hydrogen-bond acceptors (Lipinski definition) is 6. The van der Waals surface area contributed by atoms with Gasteiger partial charge in [-0.05, 0) is 43.8 Å². The van der Waals surface area contributed by atoms with Crippen molar-refractivity contribution < 1.29 is 9.53 Å².